The van der Waals surface area contributed by atoms with Crippen molar-refractivity contribution in [3.05, 3.63) is 48.2 Å². The minimum atomic E-state index is -4.32. The lowest BCUT2D eigenvalue weighted by molar-refractivity contribution is -0.189. The molecule has 140 valence electrons. The zero-order valence-corrected chi connectivity index (χ0v) is 14.6. The van der Waals surface area contributed by atoms with E-state index in [1.54, 1.807) is 16.9 Å². The van der Waals surface area contributed by atoms with Crippen LogP contribution in [0.2, 0.25) is 0 Å². The summed E-state index contributed by atoms with van der Waals surface area (Å²) in [5, 5.41) is 6.87. The summed E-state index contributed by atoms with van der Waals surface area (Å²) in [5.41, 5.74) is -0.239. The van der Waals surface area contributed by atoms with Crippen LogP contribution in [0, 0.1) is 5.92 Å². The molecule has 0 bridgehead atoms. The van der Waals surface area contributed by atoms with Crippen molar-refractivity contribution < 1.29 is 18.0 Å². The molecule has 0 unspecified atom stereocenters. The van der Waals surface area contributed by atoms with Gasteiger partial charge in [0.2, 0.25) is 0 Å². The normalized spacial score (nSPS) is 19.6. The summed E-state index contributed by atoms with van der Waals surface area (Å²) < 4.78 is 41.1. The molecular formula is C18H21F3N4O. The van der Waals surface area contributed by atoms with Crippen LogP contribution in [0.5, 0.6) is 0 Å². The van der Waals surface area contributed by atoms with E-state index in [1.807, 2.05) is 30.3 Å². The Bertz CT molecular complexity index is 770. The number of carbonyl (C=O) groups is 1. The van der Waals surface area contributed by atoms with Crippen LogP contribution in [-0.2, 0) is 6.54 Å². The number of anilines is 1. The Morgan fingerprint density at radius 3 is 2.58 bits per heavy atom. The molecule has 2 amide bonds. The van der Waals surface area contributed by atoms with Gasteiger partial charge >= 0.3 is 12.2 Å². The van der Waals surface area contributed by atoms with Gasteiger partial charge in [-0.15, -0.1) is 0 Å². The third-order valence-electron chi connectivity index (χ3n) is 4.89. The lowest BCUT2D eigenvalue weighted by atomic mass is 9.88. The quantitative estimate of drug-likeness (QED) is 0.888. The van der Waals surface area contributed by atoms with Crippen LogP contribution in [0.15, 0.2) is 42.6 Å². The molecule has 2 heterocycles. The molecule has 1 aliphatic rings. The predicted octanol–water partition coefficient (Wildman–Crippen LogP) is 4.13. The third-order valence-corrected chi connectivity index (χ3v) is 4.89. The van der Waals surface area contributed by atoms with E-state index in [0.717, 1.165) is 5.56 Å². The van der Waals surface area contributed by atoms with E-state index >= 15 is 0 Å². The van der Waals surface area contributed by atoms with Crippen LogP contribution < -0.4 is 5.32 Å². The molecule has 1 fully saturated rings. The maximum absolute atomic E-state index is 13.2. The number of nitrogens with one attached hydrogen (secondary N) is 1. The van der Waals surface area contributed by atoms with Crippen molar-refractivity contribution in [3.63, 3.8) is 0 Å². The average Bonchev–Trinajstić information content (AvgIpc) is 3.11. The summed E-state index contributed by atoms with van der Waals surface area (Å²) in [7, 11) is 0. The SMILES string of the molecule is CC1(C)[C@H](C(F)(F)F)CCN1C(=O)Nc1ccn(Cc2ccccc2)n1. The molecule has 0 radical (unpaired) electrons. The lowest BCUT2D eigenvalue weighted by Gasteiger charge is -2.36. The van der Waals surface area contributed by atoms with Crippen molar-refractivity contribution in [2.24, 2.45) is 5.92 Å². The Morgan fingerprint density at radius 2 is 1.96 bits per heavy atom. The summed E-state index contributed by atoms with van der Waals surface area (Å²) >= 11 is 0. The number of nitrogens with zero attached hydrogens (tertiary/aromatic N) is 3. The van der Waals surface area contributed by atoms with Crippen LogP contribution in [0.1, 0.15) is 25.8 Å². The van der Waals surface area contributed by atoms with Crippen LogP contribution in [-0.4, -0.2) is 39.0 Å². The van der Waals surface area contributed by atoms with Crippen LogP contribution in [0.3, 0.4) is 0 Å². The van der Waals surface area contributed by atoms with Gasteiger partial charge in [0.25, 0.3) is 0 Å². The number of halogens is 3. The number of benzene rings is 1. The van der Waals surface area contributed by atoms with Gasteiger partial charge in [0.1, 0.15) is 0 Å². The molecule has 8 heteroatoms. The summed E-state index contributed by atoms with van der Waals surface area (Å²) in [6, 6.07) is 10.8. The van der Waals surface area contributed by atoms with Crippen LogP contribution in [0.4, 0.5) is 23.8 Å². The van der Waals surface area contributed by atoms with E-state index in [1.165, 1.54) is 18.7 Å². The molecular weight excluding hydrogens is 345 g/mol. The van der Waals surface area contributed by atoms with Gasteiger partial charge in [-0.2, -0.15) is 18.3 Å². The van der Waals surface area contributed by atoms with Gasteiger partial charge in [0.15, 0.2) is 5.82 Å². The number of aromatic nitrogens is 2. The molecule has 1 aromatic carbocycles. The first-order valence-electron chi connectivity index (χ1n) is 8.40. The number of carbonyl (C=O) groups excluding carboxylic acids is 1. The largest absolute Gasteiger partial charge is 0.394 e. The fourth-order valence-electron chi connectivity index (χ4n) is 3.48. The number of likely N-dealkylation sites (tertiary alicyclic amines) is 1. The minimum Gasteiger partial charge on any atom is -0.319 e. The number of alkyl halides is 3. The van der Waals surface area contributed by atoms with Gasteiger partial charge in [0, 0.05) is 18.8 Å². The van der Waals surface area contributed by atoms with Crippen LogP contribution in [0.25, 0.3) is 0 Å². The predicted molar refractivity (Wildman–Crippen MR) is 91.7 cm³/mol. The molecule has 0 spiro atoms. The van der Waals surface area contributed by atoms with E-state index in [2.05, 4.69) is 10.4 Å². The molecule has 0 aliphatic carbocycles. The zero-order valence-electron chi connectivity index (χ0n) is 14.6. The van der Waals surface area contributed by atoms with E-state index in [4.69, 9.17) is 0 Å². The highest BCUT2D eigenvalue weighted by molar-refractivity contribution is 5.89. The van der Waals surface area contributed by atoms with Crippen molar-refractivity contribution in [1.82, 2.24) is 14.7 Å². The molecule has 3 rings (SSSR count). The Hall–Kier alpha value is -2.51. The first kappa shape index (κ1) is 18.3. The number of urea groups is 1. The van der Waals surface area contributed by atoms with Gasteiger partial charge in [0.05, 0.1) is 18.0 Å². The van der Waals surface area contributed by atoms with E-state index in [-0.39, 0.29) is 13.0 Å². The van der Waals surface area contributed by atoms with E-state index in [0.29, 0.717) is 12.4 Å². The molecule has 1 saturated heterocycles. The summed E-state index contributed by atoms with van der Waals surface area (Å²) in [4.78, 5) is 13.7. The van der Waals surface area contributed by atoms with Crippen molar-refractivity contribution in [3.8, 4) is 0 Å². The van der Waals surface area contributed by atoms with Gasteiger partial charge < -0.3 is 4.90 Å². The maximum Gasteiger partial charge on any atom is 0.394 e. The van der Waals surface area contributed by atoms with Gasteiger partial charge in [-0.25, -0.2) is 4.79 Å². The average molecular weight is 366 g/mol. The van der Waals surface area contributed by atoms with Crippen molar-refractivity contribution >= 4 is 11.8 Å². The van der Waals surface area contributed by atoms with Crippen molar-refractivity contribution in [2.45, 2.75) is 38.5 Å². The molecule has 1 aromatic heterocycles. The van der Waals surface area contributed by atoms with Crippen molar-refractivity contribution in [2.75, 3.05) is 11.9 Å². The summed E-state index contributed by atoms with van der Waals surface area (Å²) in [6.07, 6.45) is -2.70. The second kappa shape index (κ2) is 6.66. The number of hydrogen-bond donors (Lipinski definition) is 1. The minimum absolute atomic E-state index is 0.0632. The first-order chi connectivity index (χ1) is 12.2. The molecule has 26 heavy (non-hydrogen) atoms. The Balaban J connectivity index is 1.66. The monoisotopic (exact) mass is 366 g/mol. The number of hydrogen-bond acceptors (Lipinski definition) is 2. The Morgan fingerprint density at radius 1 is 1.27 bits per heavy atom. The number of rotatable bonds is 3. The van der Waals surface area contributed by atoms with Crippen molar-refractivity contribution in [1.29, 1.82) is 0 Å². The molecule has 1 atom stereocenters. The topological polar surface area (TPSA) is 50.2 Å². The molecule has 1 aliphatic heterocycles. The Kier molecular flexibility index (Phi) is 4.68. The highest BCUT2D eigenvalue weighted by Crippen LogP contribution is 2.44. The second-order valence-corrected chi connectivity index (χ2v) is 7.00. The lowest BCUT2D eigenvalue weighted by Crippen LogP contribution is -2.51. The Labute approximate surface area is 149 Å². The fraction of sp³-hybridized carbons (Fsp3) is 0.444. The molecule has 2 aromatic rings. The highest BCUT2D eigenvalue weighted by atomic mass is 19.4. The van der Waals surface area contributed by atoms with Crippen LogP contribution >= 0.6 is 0 Å². The standard InChI is InChI=1S/C18H21F3N4O/c1-17(2)14(18(19,20)21)8-11-25(17)16(26)22-15-9-10-24(23-15)12-13-6-4-3-5-7-13/h3-7,9-10,14H,8,11-12H2,1-2H3,(H,22,23,26)/t14-/m1/s1. The summed E-state index contributed by atoms with van der Waals surface area (Å²) in [5.74, 6) is -1.21. The highest BCUT2D eigenvalue weighted by Gasteiger charge is 2.56. The van der Waals surface area contributed by atoms with Gasteiger partial charge in [-0.1, -0.05) is 30.3 Å². The van der Waals surface area contributed by atoms with Gasteiger partial charge in [-0.3, -0.25) is 10.00 Å². The summed E-state index contributed by atoms with van der Waals surface area (Å²) in [6.45, 7) is 3.51. The van der Waals surface area contributed by atoms with Gasteiger partial charge in [-0.05, 0) is 25.8 Å². The number of amides is 2. The second-order valence-electron chi connectivity index (χ2n) is 7.00. The fourth-order valence-corrected chi connectivity index (χ4v) is 3.48. The molecule has 0 saturated carbocycles. The molecule has 1 N–H and O–H groups in total. The third kappa shape index (κ3) is 3.68. The first-order valence-corrected chi connectivity index (χ1v) is 8.40. The molecule has 5 nitrogen and oxygen atoms in total. The smallest absolute Gasteiger partial charge is 0.319 e. The maximum atomic E-state index is 13.2. The van der Waals surface area contributed by atoms with E-state index < -0.39 is 23.7 Å². The zero-order chi connectivity index (χ0) is 18.9. The van der Waals surface area contributed by atoms with E-state index in [9.17, 15) is 18.0 Å².